The Hall–Kier alpha value is -1.11. The summed E-state index contributed by atoms with van der Waals surface area (Å²) in [5.74, 6) is 1.25. The van der Waals surface area contributed by atoms with Crippen molar-refractivity contribution in [3.8, 4) is 0 Å². The van der Waals surface area contributed by atoms with Gasteiger partial charge in [-0.05, 0) is 44.3 Å². The summed E-state index contributed by atoms with van der Waals surface area (Å²) in [7, 11) is 3.96. The van der Waals surface area contributed by atoms with Gasteiger partial charge in [0, 0.05) is 25.5 Å². The van der Waals surface area contributed by atoms with Crippen molar-refractivity contribution in [1.82, 2.24) is 20.0 Å². The van der Waals surface area contributed by atoms with Crippen molar-refractivity contribution < 1.29 is 4.79 Å². The van der Waals surface area contributed by atoms with Crippen molar-refractivity contribution >= 4 is 39.9 Å². The van der Waals surface area contributed by atoms with E-state index in [0.717, 1.165) is 53.3 Å². The third-order valence-electron chi connectivity index (χ3n) is 4.69. The molecule has 0 atom stereocenters. The molecule has 134 valence electrons. The molecule has 0 aromatic carbocycles. The number of carbonyl (C=O) groups excluding carboxylic acids is 1. The van der Waals surface area contributed by atoms with Crippen molar-refractivity contribution in [3.05, 3.63) is 16.6 Å². The lowest BCUT2D eigenvalue weighted by atomic mass is 9.97. The van der Waals surface area contributed by atoms with Gasteiger partial charge in [0.2, 0.25) is 0 Å². The molecule has 0 unspecified atom stereocenters. The number of nitrogens with one attached hydrogen (secondary N) is 1. The van der Waals surface area contributed by atoms with E-state index in [1.54, 1.807) is 11.3 Å². The zero-order valence-electron chi connectivity index (χ0n) is 14.8. The number of piperidine rings is 1. The second-order valence-electron chi connectivity index (χ2n) is 6.79. The van der Waals surface area contributed by atoms with E-state index >= 15 is 0 Å². The lowest BCUT2D eigenvalue weighted by Gasteiger charge is -2.31. The van der Waals surface area contributed by atoms with Crippen molar-refractivity contribution in [2.24, 2.45) is 13.0 Å². The number of aromatic nitrogens is 2. The van der Waals surface area contributed by atoms with Gasteiger partial charge in [0.1, 0.15) is 4.83 Å². The molecule has 5 nitrogen and oxygen atoms in total. The Balaban J connectivity index is 0.00000208. The van der Waals surface area contributed by atoms with Crippen molar-refractivity contribution in [2.45, 2.75) is 32.6 Å². The fourth-order valence-electron chi connectivity index (χ4n) is 3.38. The number of hydrogen-bond donors (Lipinski definition) is 1. The summed E-state index contributed by atoms with van der Waals surface area (Å²) in [6.07, 6.45) is 2.19. The van der Waals surface area contributed by atoms with E-state index in [4.69, 9.17) is 0 Å². The average molecular weight is 371 g/mol. The zero-order valence-corrected chi connectivity index (χ0v) is 16.5. The molecule has 3 rings (SSSR count). The lowest BCUT2D eigenvalue weighted by molar-refractivity contribution is 0.0696. The van der Waals surface area contributed by atoms with E-state index < -0.39 is 0 Å². The van der Waals surface area contributed by atoms with Gasteiger partial charge in [0.15, 0.2) is 0 Å². The molecule has 1 amide bonds. The Bertz CT molecular complexity index is 701. The molecule has 1 aliphatic rings. The number of nitrogens with zero attached hydrogens (tertiary/aromatic N) is 3. The summed E-state index contributed by atoms with van der Waals surface area (Å²) in [6, 6.07) is 2.05. The maximum Gasteiger partial charge on any atom is 0.264 e. The van der Waals surface area contributed by atoms with Crippen LogP contribution in [-0.2, 0) is 7.05 Å². The van der Waals surface area contributed by atoms with Crippen LogP contribution in [0.5, 0.6) is 0 Å². The number of fused-ring (bicyclic) bond motifs is 1. The molecule has 0 aliphatic carbocycles. The Morgan fingerprint density at radius 1 is 1.42 bits per heavy atom. The number of halogens is 1. The fraction of sp³-hybridized carbons (Fsp3) is 0.647. The Kier molecular flexibility index (Phi) is 6.28. The smallest absolute Gasteiger partial charge is 0.264 e. The molecule has 2 aromatic heterocycles. The summed E-state index contributed by atoms with van der Waals surface area (Å²) in [4.78, 5) is 16.8. The molecule has 1 aliphatic heterocycles. The van der Waals surface area contributed by atoms with Crippen molar-refractivity contribution in [2.75, 3.05) is 26.7 Å². The molecule has 1 fully saturated rings. The minimum Gasteiger partial charge on any atom is -0.338 e. The Morgan fingerprint density at radius 3 is 2.67 bits per heavy atom. The van der Waals surface area contributed by atoms with Gasteiger partial charge in [-0.25, -0.2) is 0 Å². The third kappa shape index (κ3) is 3.60. The van der Waals surface area contributed by atoms with Crippen LogP contribution in [0.4, 0.5) is 0 Å². The van der Waals surface area contributed by atoms with Crippen LogP contribution >= 0.6 is 23.7 Å². The predicted molar refractivity (Wildman–Crippen MR) is 102 cm³/mol. The van der Waals surface area contributed by atoms with E-state index in [1.807, 2.05) is 29.7 Å². The molecule has 1 saturated heterocycles. The fourth-order valence-corrected chi connectivity index (χ4v) is 4.43. The second kappa shape index (κ2) is 7.85. The number of thiophene rings is 1. The van der Waals surface area contributed by atoms with E-state index in [-0.39, 0.29) is 18.3 Å². The lowest BCUT2D eigenvalue weighted by Crippen LogP contribution is -2.40. The van der Waals surface area contributed by atoms with E-state index in [1.165, 1.54) is 0 Å². The Morgan fingerprint density at radius 2 is 2.08 bits per heavy atom. The molecular weight excluding hydrogens is 344 g/mol. The van der Waals surface area contributed by atoms with Crippen LogP contribution in [0.15, 0.2) is 6.07 Å². The number of carbonyl (C=O) groups is 1. The highest BCUT2D eigenvalue weighted by molar-refractivity contribution is 7.20. The molecule has 24 heavy (non-hydrogen) atoms. The number of rotatable bonds is 4. The third-order valence-corrected chi connectivity index (χ3v) is 5.88. The van der Waals surface area contributed by atoms with Gasteiger partial charge in [-0.1, -0.05) is 13.8 Å². The number of likely N-dealkylation sites (tertiary alicyclic amines) is 1. The highest BCUT2D eigenvalue weighted by atomic mass is 35.5. The van der Waals surface area contributed by atoms with Crippen LogP contribution in [0, 0.1) is 5.92 Å². The molecule has 0 spiro atoms. The molecule has 0 saturated carbocycles. The number of hydrogen-bond acceptors (Lipinski definition) is 4. The molecule has 0 bridgehead atoms. The van der Waals surface area contributed by atoms with Crippen LogP contribution in [0.2, 0.25) is 0 Å². The standard InChI is InChI=1S/C17H26N4OS.ClH/c1-11(2)15-13-9-14(23-17(13)20(4)19-15)16(22)21-7-5-12(6-8-21)10-18-3;/h9,11-12,18H,5-8,10H2,1-4H3;1H. The van der Waals surface area contributed by atoms with Gasteiger partial charge in [-0.3, -0.25) is 9.48 Å². The minimum atomic E-state index is 0. The maximum absolute atomic E-state index is 12.8. The molecular formula is C17H27ClN4OS. The average Bonchev–Trinajstić information content (AvgIpc) is 3.08. The van der Waals surface area contributed by atoms with Gasteiger partial charge in [0.05, 0.1) is 10.6 Å². The van der Waals surface area contributed by atoms with Crippen LogP contribution in [-0.4, -0.2) is 47.3 Å². The van der Waals surface area contributed by atoms with Gasteiger partial charge in [-0.15, -0.1) is 23.7 Å². The first kappa shape index (κ1) is 19.2. The molecule has 3 heterocycles. The normalized spacial score (nSPS) is 16.0. The van der Waals surface area contributed by atoms with E-state index in [9.17, 15) is 4.79 Å². The maximum atomic E-state index is 12.8. The van der Waals surface area contributed by atoms with Crippen LogP contribution < -0.4 is 5.32 Å². The van der Waals surface area contributed by atoms with Crippen molar-refractivity contribution in [1.29, 1.82) is 0 Å². The Labute approximate surface area is 153 Å². The minimum absolute atomic E-state index is 0. The monoisotopic (exact) mass is 370 g/mol. The highest BCUT2D eigenvalue weighted by Gasteiger charge is 2.26. The summed E-state index contributed by atoms with van der Waals surface area (Å²) < 4.78 is 1.91. The SMILES string of the molecule is CNCC1CCN(C(=O)c2cc3c(C(C)C)nn(C)c3s2)CC1.Cl. The number of aryl methyl sites for hydroxylation is 1. The topological polar surface area (TPSA) is 50.2 Å². The first-order valence-electron chi connectivity index (χ1n) is 8.41. The largest absolute Gasteiger partial charge is 0.338 e. The number of amides is 1. The molecule has 7 heteroatoms. The summed E-state index contributed by atoms with van der Waals surface area (Å²) in [5, 5.41) is 8.97. The van der Waals surface area contributed by atoms with Gasteiger partial charge in [-0.2, -0.15) is 5.10 Å². The molecule has 1 N–H and O–H groups in total. The van der Waals surface area contributed by atoms with Gasteiger partial charge < -0.3 is 10.2 Å². The second-order valence-corrected chi connectivity index (χ2v) is 7.82. The summed E-state index contributed by atoms with van der Waals surface area (Å²) in [5.41, 5.74) is 1.09. The zero-order chi connectivity index (χ0) is 16.6. The molecule has 2 aromatic rings. The predicted octanol–water partition coefficient (Wildman–Crippen LogP) is 3.25. The van der Waals surface area contributed by atoms with Crippen LogP contribution in [0.3, 0.4) is 0 Å². The van der Waals surface area contributed by atoms with Gasteiger partial charge >= 0.3 is 0 Å². The van der Waals surface area contributed by atoms with Crippen LogP contribution in [0.1, 0.15) is 48.0 Å². The summed E-state index contributed by atoms with van der Waals surface area (Å²) >= 11 is 1.57. The van der Waals surface area contributed by atoms with E-state index in [2.05, 4.69) is 24.3 Å². The highest BCUT2D eigenvalue weighted by Crippen LogP contribution is 2.32. The molecule has 0 radical (unpaired) electrons. The van der Waals surface area contributed by atoms with Gasteiger partial charge in [0.25, 0.3) is 5.91 Å². The van der Waals surface area contributed by atoms with E-state index in [0.29, 0.717) is 11.8 Å². The van der Waals surface area contributed by atoms with Crippen LogP contribution in [0.25, 0.3) is 10.2 Å². The quantitative estimate of drug-likeness (QED) is 0.898. The first-order valence-corrected chi connectivity index (χ1v) is 9.23. The van der Waals surface area contributed by atoms with Crippen molar-refractivity contribution in [3.63, 3.8) is 0 Å². The first-order chi connectivity index (χ1) is 11.0. The summed E-state index contributed by atoms with van der Waals surface area (Å²) in [6.45, 7) is 7.08.